The molecule has 2 atom stereocenters. The lowest BCUT2D eigenvalue weighted by atomic mass is 9.99. The Morgan fingerprint density at radius 1 is 1.73 bits per heavy atom. The van der Waals surface area contributed by atoms with Crippen LogP contribution in [0.15, 0.2) is 0 Å². The first-order valence-corrected chi connectivity index (χ1v) is 3.39. The van der Waals surface area contributed by atoms with E-state index in [4.69, 9.17) is 5.11 Å². The Labute approximate surface area is 63.7 Å². The van der Waals surface area contributed by atoms with Gasteiger partial charge < -0.3 is 5.11 Å². The molecule has 0 aliphatic carbocycles. The van der Waals surface area contributed by atoms with Gasteiger partial charge in [-0.15, -0.1) is 0 Å². The normalized spacial score (nSPS) is 31.2. The van der Waals surface area contributed by atoms with Gasteiger partial charge in [0.1, 0.15) is 5.92 Å². The summed E-state index contributed by atoms with van der Waals surface area (Å²) in [6.45, 7) is 1.81. The summed E-state index contributed by atoms with van der Waals surface area (Å²) < 4.78 is 0. The average Bonchev–Trinajstić information content (AvgIpc) is 1.94. The fourth-order valence-electron chi connectivity index (χ4n) is 1.01. The van der Waals surface area contributed by atoms with Gasteiger partial charge in [-0.05, 0) is 13.3 Å². The maximum Gasteiger partial charge on any atom is 0.316 e. The molecule has 1 aliphatic rings. The van der Waals surface area contributed by atoms with Crippen molar-refractivity contribution < 1.29 is 14.7 Å². The van der Waals surface area contributed by atoms with Gasteiger partial charge >= 0.3 is 5.97 Å². The van der Waals surface area contributed by atoms with Gasteiger partial charge in [0, 0.05) is 6.04 Å². The van der Waals surface area contributed by atoms with Gasteiger partial charge in [-0.3, -0.25) is 15.0 Å². The SMILES string of the molecule is CC1CC(C(=O)O)C(=O)NN1. The van der Waals surface area contributed by atoms with E-state index in [2.05, 4.69) is 10.9 Å². The molecular weight excluding hydrogens is 148 g/mol. The fourth-order valence-corrected chi connectivity index (χ4v) is 1.01. The first-order valence-electron chi connectivity index (χ1n) is 3.39. The number of carboxylic acids is 1. The Balaban J connectivity index is 2.61. The summed E-state index contributed by atoms with van der Waals surface area (Å²) in [7, 11) is 0. The number of carboxylic acid groups (broad SMARTS) is 1. The Morgan fingerprint density at radius 3 is 2.82 bits per heavy atom. The highest BCUT2D eigenvalue weighted by Gasteiger charge is 2.31. The maximum absolute atomic E-state index is 10.8. The predicted molar refractivity (Wildman–Crippen MR) is 36.5 cm³/mol. The van der Waals surface area contributed by atoms with E-state index >= 15 is 0 Å². The molecule has 1 heterocycles. The van der Waals surface area contributed by atoms with Crippen LogP contribution in [-0.2, 0) is 9.59 Å². The van der Waals surface area contributed by atoms with Gasteiger partial charge in [-0.25, -0.2) is 5.43 Å². The van der Waals surface area contributed by atoms with E-state index in [0.717, 1.165) is 0 Å². The second kappa shape index (κ2) is 2.87. The topological polar surface area (TPSA) is 78.4 Å². The zero-order valence-electron chi connectivity index (χ0n) is 6.13. The van der Waals surface area contributed by atoms with Crippen molar-refractivity contribution >= 4 is 11.9 Å². The standard InChI is InChI=1S/C6H10N2O3/c1-3-2-4(6(10)11)5(9)8-7-3/h3-4,7H,2H2,1H3,(H,8,9)(H,10,11). The largest absolute Gasteiger partial charge is 0.481 e. The molecule has 1 aliphatic heterocycles. The molecule has 0 spiro atoms. The molecule has 3 N–H and O–H groups in total. The molecule has 62 valence electrons. The summed E-state index contributed by atoms with van der Waals surface area (Å²) in [6, 6.07) is 0.0220. The first kappa shape index (κ1) is 8.00. The van der Waals surface area contributed by atoms with Crippen LogP contribution >= 0.6 is 0 Å². The summed E-state index contributed by atoms with van der Waals surface area (Å²) in [5.41, 5.74) is 4.95. The lowest BCUT2D eigenvalue weighted by molar-refractivity contribution is -0.149. The van der Waals surface area contributed by atoms with Crippen molar-refractivity contribution in [2.45, 2.75) is 19.4 Å². The van der Waals surface area contributed by atoms with Crippen LogP contribution < -0.4 is 10.9 Å². The van der Waals surface area contributed by atoms with Gasteiger partial charge in [-0.2, -0.15) is 0 Å². The van der Waals surface area contributed by atoms with Crippen LogP contribution in [0.25, 0.3) is 0 Å². The minimum atomic E-state index is -1.06. The summed E-state index contributed by atoms with van der Waals surface area (Å²) in [4.78, 5) is 21.2. The third-order valence-corrected chi connectivity index (χ3v) is 1.65. The molecule has 2 unspecified atom stereocenters. The monoisotopic (exact) mass is 158 g/mol. The highest BCUT2D eigenvalue weighted by atomic mass is 16.4. The molecular formula is C6H10N2O3. The Morgan fingerprint density at radius 2 is 2.36 bits per heavy atom. The maximum atomic E-state index is 10.8. The summed E-state index contributed by atoms with van der Waals surface area (Å²) in [5.74, 6) is -2.42. The number of rotatable bonds is 1. The molecule has 1 amide bonds. The van der Waals surface area contributed by atoms with Crippen LogP contribution in [0, 0.1) is 5.92 Å². The molecule has 5 nitrogen and oxygen atoms in total. The van der Waals surface area contributed by atoms with E-state index < -0.39 is 17.8 Å². The van der Waals surface area contributed by atoms with E-state index in [1.165, 1.54) is 0 Å². The molecule has 0 radical (unpaired) electrons. The first-order chi connectivity index (χ1) is 5.11. The van der Waals surface area contributed by atoms with E-state index in [-0.39, 0.29) is 6.04 Å². The van der Waals surface area contributed by atoms with Gasteiger partial charge in [0.05, 0.1) is 0 Å². The van der Waals surface area contributed by atoms with Crippen molar-refractivity contribution in [3.8, 4) is 0 Å². The number of carbonyl (C=O) groups excluding carboxylic acids is 1. The minimum Gasteiger partial charge on any atom is -0.481 e. The second-order valence-electron chi connectivity index (χ2n) is 2.66. The molecule has 11 heavy (non-hydrogen) atoms. The summed E-state index contributed by atoms with van der Waals surface area (Å²) >= 11 is 0. The molecule has 1 fully saturated rings. The lowest BCUT2D eigenvalue weighted by Gasteiger charge is -2.24. The predicted octanol–water partition coefficient (Wildman–Crippen LogP) is -0.900. The highest BCUT2D eigenvalue weighted by molar-refractivity contribution is 5.97. The third kappa shape index (κ3) is 1.68. The van der Waals surface area contributed by atoms with Crippen molar-refractivity contribution in [1.29, 1.82) is 0 Å². The van der Waals surface area contributed by atoms with E-state index in [9.17, 15) is 9.59 Å². The number of nitrogens with one attached hydrogen (secondary N) is 2. The lowest BCUT2D eigenvalue weighted by Crippen LogP contribution is -2.54. The number of amides is 1. The van der Waals surface area contributed by atoms with Crippen LogP contribution in [0.3, 0.4) is 0 Å². The average molecular weight is 158 g/mol. The van der Waals surface area contributed by atoms with Crippen LogP contribution in [-0.4, -0.2) is 23.0 Å². The summed E-state index contributed by atoms with van der Waals surface area (Å²) in [6.07, 6.45) is 0.348. The van der Waals surface area contributed by atoms with Crippen LogP contribution in [0.5, 0.6) is 0 Å². The van der Waals surface area contributed by atoms with Crippen LogP contribution in [0.2, 0.25) is 0 Å². The molecule has 0 aromatic heterocycles. The number of hydrogen-bond acceptors (Lipinski definition) is 3. The highest BCUT2D eigenvalue weighted by Crippen LogP contribution is 2.10. The van der Waals surface area contributed by atoms with Crippen molar-refractivity contribution in [2.75, 3.05) is 0 Å². The Hall–Kier alpha value is -1.10. The number of carbonyl (C=O) groups is 2. The van der Waals surface area contributed by atoms with Crippen molar-refractivity contribution in [3.63, 3.8) is 0 Å². The zero-order chi connectivity index (χ0) is 8.43. The molecule has 1 saturated heterocycles. The molecule has 5 heteroatoms. The van der Waals surface area contributed by atoms with Gasteiger partial charge in [0.15, 0.2) is 0 Å². The molecule has 0 aromatic carbocycles. The smallest absolute Gasteiger partial charge is 0.316 e. The van der Waals surface area contributed by atoms with E-state index in [0.29, 0.717) is 6.42 Å². The van der Waals surface area contributed by atoms with Gasteiger partial charge in [-0.1, -0.05) is 0 Å². The number of hydrazine groups is 1. The molecule has 1 rings (SSSR count). The molecule has 0 saturated carbocycles. The van der Waals surface area contributed by atoms with E-state index in [1.807, 2.05) is 6.92 Å². The van der Waals surface area contributed by atoms with Gasteiger partial charge in [0.25, 0.3) is 0 Å². The van der Waals surface area contributed by atoms with Crippen molar-refractivity contribution in [3.05, 3.63) is 0 Å². The van der Waals surface area contributed by atoms with E-state index in [1.54, 1.807) is 0 Å². The molecule has 0 aromatic rings. The Kier molecular flexibility index (Phi) is 2.09. The minimum absolute atomic E-state index is 0.0220. The quantitative estimate of drug-likeness (QED) is 0.432. The van der Waals surface area contributed by atoms with Crippen LogP contribution in [0.4, 0.5) is 0 Å². The molecule has 0 bridgehead atoms. The third-order valence-electron chi connectivity index (χ3n) is 1.65. The number of hydrogen-bond donors (Lipinski definition) is 3. The Bertz CT molecular complexity index is 192. The van der Waals surface area contributed by atoms with Crippen molar-refractivity contribution in [1.82, 2.24) is 10.9 Å². The zero-order valence-corrected chi connectivity index (χ0v) is 6.13. The summed E-state index contributed by atoms with van der Waals surface area (Å²) in [5, 5.41) is 8.54. The second-order valence-corrected chi connectivity index (χ2v) is 2.66. The fraction of sp³-hybridized carbons (Fsp3) is 0.667. The van der Waals surface area contributed by atoms with Crippen LogP contribution in [0.1, 0.15) is 13.3 Å². The van der Waals surface area contributed by atoms with Crippen molar-refractivity contribution in [2.24, 2.45) is 5.92 Å². The number of aliphatic carboxylic acids is 1. The van der Waals surface area contributed by atoms with Gasteiger partial charge in [0.2, 0.25) is 5.91 Å².